The molecule has 1 aliphatic heterocycles. The van der Waals surface area contributed by atoms with Crippen LogP contribution in [0.3, 0.4) is 0 Å². The molecule has 1 atom stereocenters. The second kappa shape index (κ2) is 5.50. The molecule has 0 aromatic heterocycles. The summed E-state index contributed by atoms with van der Waals surface area (Å²) in [5.74, 6) is 0.858. The Balaban J connectivity index is 1.72. The van der Waals surface area contributed by atoms with Crippen LogP contribution in [0.2, 0.25) is 5.02 Å². The van der Waals surface area contributed by atoms with Crippen molar-refractivity contribution >= 4 is 23.2 Å². The number of carbonyl (C=O) groups excluding carboxylic acids is 1. The summed E-state index contributed by atoms with van der Waals surface area (Å²) in [7, 11) is 1.59. The van der Waals surface area contributed by atoms with Gasteiger partial charge in [0, 0.05) is 17.0 Å². The smallest absolute Gasteiger partial charge is 0.228 e. The Morgan fingerprint density at radius 3 is 2.81 bits per heavy atom. The Morgan fingerprint density at radius 2 is 2.14 bits per heavy atom. The number of carbonyl (C=O) groups is 1. The Kier molecular flexibility index (Phi) is 3.84. The monoisotopic (exact) mass is 308 g/mol. The van der Waals surface area contributed by atoms with Gasteiger partial charge >= 0.3 is 0 Å². The summed E-state index contributed by atoms with van der Waals surface area (Å²) in [5, 5.41) is 7.02. The van der Waals surface area contributed by atoms with Crippen molar-refractivity contribution < 1.29 is 9.53 Å². The highest BCUT2D eigenvalue weighted by atomic mass is 35.5. The summed E-state index contributed by atoms with van der Waals surface area (Å²) in [6, 6.07) is 3.62. The third-order valence-electron chi connectivity index (χ3n) is 4.84. The van der Waals surface area contributed by atoms with Crippen LogP contribution >= 0.6 is 11.6 Å². The number of methoxy groups -OCH3 is 1. The predicted molar refractivity (Wildman–Crippen MR) is 84.0 cm³/mol. The Labute approximate surface area is 130 Å². The number of hydrogen-bond acceptors (Lipinski definition) is 3. The van der Waals surface area contributed by atoms with Gasteiger partial charge in [-0.05, 0) is 56.3 Å². The summed E-state index contributed by atoms with van der Waals surface area (Å²) in [5.41, 5.74) is 1.88. The zero-order chi connectivity index (χ0) is 15.0. The van der Waals surface area contributed by atoms with Gasteiger partial charge in [0.2, 0.25) is 5.91 Å². The molecule has 1 aromatic rings. The van der Waals surface area contributed by atoms with Gasteiger partial charge < -0.3 is 15.4 Å². The number of anilines is 1. The molecule has 2 aliphatic rings. The normalized spacial score (nSPS) is 22.9. The fourth-order valence-corrected chi connectivity index (χ4v) is 3.50. The first kappa shape index (κ1) is 14.7. The number of piperidine rings is 1. The zero-order valence-electron chi connectivity index (χ0n) is 12.5. The summed E-state index contributed by atoms with van der Waals surface area (Å²) in [6.45, 7) is 3.96. The van der Waals surface area contributed by atoms with Gasteiger partial charge in [-0.3, -0.25) is 4.79 Å². The SMILES string of the molecule is COc1cc(Cl)c(C)cc1NC(=O)C1CC12CCNCC2. The second-order valence-electron chi connectivity index (χ2n) is 6.16. The van der Waals surface area contributed by atoms with E-state index in [1.165, 1.54) is 0 Å². The molecule has 21 heavy (non-hydrogen) atoms. The van der Waals surface area contributed by atoms with E-state index in [9.17, 15) is 4.79 Å². The van der Waals surface area contributed by atoms with Gasteiger partial charge in [0.05, 0.1) is 12.8 Å². The number of hydrogen-bond donors (Lipinski definition) is 2. The quantitative estimate of drug-likeness (QED) is 0.902. The van der Waals surface area contributed by atoms with Crippen LogP contribution in [0.4, 0.5) is 5.69 Å². The number of nitrogens with one attached hydrogen (secondary N) is 2. The van der Waals surface area contributed by atoms with Crippen LogP contribution in [0, 0.1) is 18.3 Å². The van der Waals surface area contributed by atoms with E-state index >= 15 is 0 Å². The molecule has 2 fully saturated rings. The van der Waals surface area contributed by atoms with Crippen molar-refractivity contribution in [1.82, 2.24) is 5.32 Å². The average Bonchev–Trinajstić information content (AvgIpc) is 3.17. The maximum absolute atomic E-state index is 12.5. The van der Waals surface area contributed by atoms with Crippen LogP contribution in [-0.2, 0) is 4.79 Å². The number of ether oxygens (including phenoxy) is 1. The van der Waals surface area contributed by atoms with E-state index in [4.69, 9.17) is 16.3 Å². The molecule has 5 heteroatoms. The first-order valence-electron chi connectivity index (χ1n) is 7.41. The van der Waals surface area contributed by atoms with Crippen LogP contribution in [0.5, 0.6) is 5.75 Å². The molecular weight excluding hydrogens is 288 g/mol. The summed E-state index contributed by atoms with van der Waals surface area (Å²) < 4.78 is 5.31. The van der Waals surface area contributed by atoms with E-state index < -0.39 is 0 Å². The molecule has 0 bridgehead atoms. The molecule has 1 saturated heterocycles. The highest BCUT2D eigenvalue weighted by Crippen LogP contribution is 2.58. The van der Waals surface area contributed by atoms with Gasteiger partial charge in [-0.1, -0.05) is 11.6 Å². The molecule has 2 N–H and O–H groups in total. The Bertz CT molecular complexity index is 568. The predicted octanol–water partition coefficient (Wildman–Crippen LogP) is 2.99. The van der Waals surface area contributed by atoms with E-state index in [0.717, 1.165) is 37.9 Å². The summed E-state index contributed by atoms with van der Waals surface area (Å²) in [4.78, 5) is 12.5. The van der Waals surface area contributed by atoms with Crippen LogP contribution in [-0.4, -0.2) is 26.1 Å². The van der Waals surface area contributed by atoms with Gasteiger partial charge in [-0.2, -0.15) is 0 Å². The highest BCUT2D eigenvalue weighted by Gasteiger charge is 2.57. The third-order valence-corrected chi connectivity index (χ3v) is 5.25. The molecule has 1 saturated carbocycles. The van der Waals surface area contributed by atoms with Crippen LogP contribution in [0.1, 0.15) is 24.8 Å². The zero-order valence-corrected chi connectivity index (χ0v) is 13.2. The van der Waals surface area contributed by atoms with E-state index in [-0.39, 0.29) is 17.2 Å². The highest BCUT2D eigenvalue weighted by molar-refractivity contribution is 6.31. The van der Waals surface area contributed by atoms with Gasteiger partial charge in [0.15, 0.2) is 0 Å². The first-order chi connectivity index (χ1) is 10.1. The van der Waals surface area contributed by atoms with Crippen molar-refractivity contribution in [3.05, 3.63) is 22.7 Å². The fourth-order valence-electron chi connectivity index (χ4n) is 3.35. The number of amides is 1. The number of halogens is 1. The molecule has 114 valence electrons. The minimum atomic E-state index is 0.108. The van der Waals surface area contributed by atoms with Gasteiger partial charge in [0.25, 0.3) is 0 Å². The van der Waals surface area contributed by atoms with Crippen molar-refractivity contribution in [2.24, 2.45) is 11.3 Å². The maximum Gasteiger partial charge on any atom is 0.228 e. The minimum absolute atomic E-state index is 0.108. The lowest BCUT2D eigenvalue weighted by atomic mass is 9.92. The maximum atomic E-state index is 12.5. The molecule has 4 nitrogen and oxygen atoms in total. The molecule has 1 heterocycles. The molecule has 1 unspecified atom stereocenters. The lowest BCUT2D eigenvalue weighted by Crippen LogP contribution is -2.31. The van der Waals surface area contributed by atoms with E-state index in [1.54, 1.807) is 13.2 Å². The van der Waals surface area contributed by atoms with Crippen molar-refractivity contribution in [2.45, 2.75) is 26.2 Å². The number of aryl methyl sites for hydroxylation is 1. The van der Waals surface area contributed by atoms with Crippen molar-refractivity contribution in [1.29, 1.82) is 0 Å². The summed E-state index contributed by atoms with van der Waals surface area (Å²) in [6.07, 6.45) is 3.21. The molecule has 1 spiro atoms. The lowest BCUT2D eigenvalue weighted by Gasteiger charge is -2.23. The Morgan fingerprint density at radius 1 is 1.43 bits per heavy atom. The van der Waals surface area contributed by atoms with Gasteiger partial charge in [0.1, 0.15) is 5.75 Å². The molecule has 0 radical (unpaired) electrons. The van der Waals surface area contributed by atoms with Crippen molar-refractivity contribution in [2.75, 3.05) is 25.5 Å². The van der Waals surface area contributed by atoms with Gasteiger partial charge in [-0.25, -0.2) is 0 Å². The van der Waals surface area contributed by atoms with Gasteiger partial charge in [-0.15, -0.1) is 0 Å². The fraction of sp³-hybridized carbons (Fsp3) is 0.562. The average molecular weight is 309 g/mol. The van der Waals surface area contributed by atoms with Crippen molar-refractivity contribution in [3.63, 3.8) is 0 Å². The molecular formula is C16H21ClN2O2. The summed E-state index contributed by atoms with van der Waals surface area (Å²) >= 11 is 6.09. The van der Waals surface area contributed by atoms with E-state index in [0.29, 0.717) is 16.5 Å². The first-order valence-corrected chi connectivity index (χ1v) is 7.79. The third kappa shape index (κ3) is 2.74. The standard InChI is InChI=1S/C16H21ClN2O2/c1-10-7-13(14(21-2)8-12(10)17)19-15(20)11-9-16(11)3-5-18-6-4-16/h7-8,11,18H,3-6,9H2,1-2H3,(H,19,20). The number of benzene rings is 1. The lowest BCUT2D eigenvalue weighted by molar-refractivity contribution is -0.118. The van der Waals surface area contributed by atoms with E-state index in [1.807, 2.05) is 13.0 Å². The molecule has 3 rings (SSSR count). The molecule has 1 aromatic carbocycles. The topological polar surface area (TPSA) is 50.4 Å². The second-order valence-corrected chi connectivity index (χ2v) is 6.57. The van der Waals surface area contributed by atoms with Crippen molar-refractivity contribution in [3.8, 4) is 5.75 Å². The van der Waals surface area contributed by atoms with Crippen LogP contribution < -0.4 is 15.4 Å². The molecule has 1 amide bonds. The van der Waals surface area contributed by atoms with E-state index in [2.05, 4.69) is 10.6 Å². The Hall–Kier alpha value is -1.26. The van der Waals surface area contributed by atoms with Crippen LogP contribution in [0.15, 0.2) is 12.1 Å². The van der Waals surface area contributed by atoms with Crippen LogP contribution in [0.25, 0.3) is 0 Å². The largest absolute Gasteiger partial charge is 0.495 e. The number of rotatable bonds is 3. The molecule has 1 aliphatic carbocycles. The minimum Gasteiger partial charge on any atom is -0.495 e.